The van der Waals surface area contributed by atoms with Crippen LogP contribution in [0.4, 0.5) is 0 Å². The monoisotopic (exact) mass is 323 g/mol. The second-order valence-corrected chi connectivity index (χ2v) is 7.69. The maximum Gasteiger partial charge on any atom is 0.324 e. The Morgan fingerprint density at radius 2 is 1.71 bits per heavy atom. The lowest BCUT2D eigenvalue weighted by Crippen LogP contribution is -2.48. The van der Waals surface area contributed by atoms with Crippen LogP contribution in [-0.4, -0.2) is 44.4 Å². The van der Waals surface area contributed by atoms with E-state index < -0.39 is 39.4 Å². The lowest BCUT2D eigenvalue weighted by molar-refractivity contribution is -0.158. The maximum absolute atomic E-state index is 12.0. The Morgan fingerprint density at radius 1 is 1.19 bits per heavy atom. The molecule has 8 heteroatoms. The zero-order chi connectivity index (χ0) is 16.8. The molecular weight excluding hydrogens is 298 g/mol. The van der Waals surface area contributed by atoms with E-state index in [9.17, 15) is 18.0 Å². The molecule has 0 saturated heterocycles. The van der Waals surface area contributed by atoms with Crippen molar-refractivity contribution in [2.45, 2.75) is 53.2 Å². The average Bonchev–Trinajstić information content (AvgIpc) is 2.22. The highest BCUT2D eigenvalue weighted by Crippen LogP contribution is 2.13. The number of nitrogens with one attached hydrogen (secondary N) is 1. The first-order valence-electron chi connectivity index (χ1n) is 6.76. The topological polar surface area (TPSA) is 98.8 Å². The van der Waals surface area contributed by atoms with Crippen molar-refractivity contribution in [3.63, 3.8) is 0 Å². The molecule has 0 fully saturated rings. The molecule has 0 heterocycles. The number of ether oxygens (including phenoxy) is 2. The Labute approximate surface area is 126 Å². The van der Waals surface area contributed by atoms with Gasteiger partial charge in [0.25, 0.3) is 0 Å². The maximum atomic E-state index is 12.0. The average molecular weight is 323 g/mol. The van der Waals surface area contributed by atoms with Crippen LogP contribution in [0.25, 0.3) is 0 Å². The van der Waals surface area contributed by atoms with Gasteiger partial charge in [-0.2, -0.15) is 0 Å². The summed E-state index contributed by atoms with van der Waals surface area (Å²) in [6, 6.07) is -1.05. The van der Waals surface area contributed by atoms with Crippen molar-refractivity contribution in [1.29, 1.82) is 0 Å². The van der Waals surface area contributed by atoms with Crippen molar-refractivity contribution in [2.75, 3.05) is 12.4 Å². The third-order valence-electron chi connectivity index (χ3n) is 2.25. The third kappa shape index (κ3) is 8.67. The minimum Gasteiger partial charge on any atom is -0.465 e. The van der Waals surface area contributed by atoms with E-state index in [0.717, 1.165) is 0 Å². The molecule has 7 nitrogen and oxygen atoms in total. The molecule has 0 aromatic rings. The fourth-order valence-corrected chi connectivity index (χ4v) is 2.65. The summed E-state index contributed by atoms with van der Waals surface area (Å²) in [5.41, 5.74) is -0.725. The van der Waals surface area contributed by atoms with Gasteiger partial charge in [-0.25, -0.2) is 13.1 Å². The molecule has 0 aliphatic carbocycles. The molecule has 0 aromatic heterocycles. The van der Waals surface area contributed by atoms with Gasteiger partial charge in [0.1, 0.15) is 11.6 Å². The number of sulfonamides is 1. The normalized spacial score (nSPS) is 13.9. The van der Waals surface area contributed by atoms with E-state index >= 15 is 0 Å². The molecule has 1 atom stereocenters. The van der Waals surface area contributed by atoms with E-state index in [1.165, 1.54) is 0 Å². The van der Waals surface area contributed by atoms with Gasteiger partial charge < -0.3 is 9.47 Å². The highest BCUT2D eigenvalue weighted by atomic mass is 32.2. The predicted octanol–water partition coefficient (Wildman–Crippen LogP) is 0.835. The second-order valence-electron chi connectivity index (χ2n) is 5.94. The summed E-state index contributed by atoms with van der Waals surface area (Å²) in [5.74, 6) is -2.69. The van der Waals surface area contributed by atoms with Crippen molar-refractivity contribution in [3.8, 4) is 0 Å². The van der Waals surface area contributed by atoms with Gasteiger partial charge in [0.15, 0.2) is 5.75 Å². The molecule has 0 aromatic carbocycles. The standard InChI is InChI=1S/C13H25NO6S/c1-7-19-10(15)8-21(17,18)14-11(9(2)3)12(16)20-13(4,5)6/h9,11,14H,7-8H2,1-6H3/t11-/m0/s1. The van der Waals surface area contributed by atoms with Gasteiger partial charge in [0, 0.05) is 0 Å². The summed E-state index contributed by atoms with van der Waals surface area (Å²) in [6.07, 6.45) is 0. The van der Waals surface area contributed by atoms with Crippen molar-refractivity contribution >= 4 is 22.0 Å². The molecular formula is C13H25NO6S. The Hall–Kier alpha value is -1.15. The van der Waals surface area contributed by atoms with Crippen LogP contribution in [0.2, 0.25) is 0 Å². The van der Waals surface area contributed by atoms with Gasteiger partial charge in [0.05, 0.1) is 6.61 Å². The molecule has 0 saturated carbocycles. The first-order chi connectivity index (χ1) is 9.38. The smallest absolute Gasteiger partial charge is 0.324 e. The van der Waals surface area contributed by atoms with Crippen LogP contribution in [0.15, 0.2) is 0 Å². The van der Waals surface area contributed by atoms with E-state index in [0.29, 0.717) is 0 Å². The largest absolute Gasteiger partial charge is 0.465 e. The highest BCUT2D eigenvalue weighted by molar-refractivity contribution is 7.90. The van der Waals surface area contributed by atoms with E-state index in [1.807, 2.05) is 0 Å². The number of carbonyl (C=O) groups is 2. The van der Waals surface area contributed by atoms with E-state index in [1.54, 1.807) is 41.5 Å². The first kappa shape index (κ1) is 19.9. The van der Waals surface area contributed by atoms with Gasteiger partial charge >= 0.3 is 11.9 Å². The zero-order valence-electron chi connectivity index (χ0n) is 13.4. The summed E-state index contributed by atoms with van der Waals surface area (Å²) in [7, 11) is -3.97. The van der Waals surface area contributed by atoms with Gasteiger partial charge in [0.2, 0.25) is 10.0 Å². The molecule has 124 valence electrons. The minimum absolute atomic E-state index is 0.0913. The third-order valence-corrected chi connectivity index (χ3v) is 3.48. The van der Waals surface area contributed by atoms with Crippen LogP contribution in [0.1, 0.15) is 41.5 Å². The van der Waals surface area contributed by atoms with Crippen LogP contribution in [0.5, 0.6) is 0 Å². The number of carbonyl (C=O) groups excluding carboxylic acids is 2. The van der Waals surface area contributed by atoms with Crippen LogP contribution in [0.3, 0.4) is 0 Å². The van der Waals surface area contributed by atoms with Gasteiger partial charge in [-0.15, -0.1) is 0 Å². The summed E-state index contributed by atoms with van der Waals surface area (Å²) < 4.78 is 35.7. The fourth-order valence-electron chi connectivity index (χ4n) is 1.41. The van der Waals surface area contributed by atoms with E-state index in [-0.39, 0.29) is 12.5 Å². The van der Waals surface area contributed by atoms with Crippen molar-refractivity contribution in [3.05, 3.63) is 0 Å². The van der Waals surface area contributed by atoms with Crippen LogP contribution < -0.4 is 4.72 Å². The van der Waals surface area contributed by atoms with E-state index in [2.05, 4.69) is 9.46 Å². The summed E-state index contributed by atoms with van der Waals surface area (Å²) in [6.45, 7) is 10.1. The van der Waals surface area contributed by atoms with Gasteiger partial charge in [-0.05, 0) is 33.6 Å². The molecule has 0 aliphatic heterocycles. The molecule has 0 unspecified atom stereocenters. The Balaban J connectivity index is 4.93. The SMILES string of the molecule is CCOC(=O)CS(=O)(=O)N[C@H](C(=O)OC(C)(C)C)C(C)C. The Morgan fingerprint density at radius 3 is 2.10 bits per heavy atom. The van der Waals surface area contributed by atoms with Crippen LogP contribution >= 0.6 is 0 Å². The number of esters is 2. The molecule has 1 N–H and O–H groups in total. The summed E-state index contributed by atoms with van der Waals surface area (Å²) in [4.78, 5) is 23.3. The summed E-state index contributed by atoms with van der Waals surface area (Å²) in [5, 5.41) is 0. The van der Waals surface area contributed by atoms with Crippen molar-refractivity contribution < 1.29 is 27.5 Å². The van der Waals surface area contributed by atoms with Crippen LogP contribution in [-0.2, 0) is 29.1 Å². The predicted molar refractivity (Wildman–Crippen MR) is 78.0 cm³/mol. The quantitative estimate of drug-likeness (QED) is 0.697. The van der Waals surface area contributed by atoms with Crippen molar-refractivity contribution in [2.24, 2.45) is 5.92 Å². The van der Waals surface area contributed by atoms with Crippen LogP contribution in [0, 0.1) is 5.92 Å². The van der Waals surface area contributed by atoms with E-state index in [4.69, 9.17) is 4.74 Å². The highest BCUT2D eigenvalue weighted by Gasteiger charge is 2.32. The molecule has 21 heavy (non-hydrogen) atoms. The number of rotatable bonds is 7. The number of hydrogen-bond acceptors (Lipinski definition) is 6. The molecule has 0 spiro atoms. The first-order valence-corrected chi connectivity index (χ1v) is 8.41. The molecule has 0 bridgehead atoms. The van der Waals surface area contributed by atoms with Gasteiger partial charge in [-0.1, -0.05) is 13.8 Å². The molecule has 0 rings (SSSR count). The molecule has 0 radical (unpaired) electrons. The molecule has 0 amide bonds. The summed E-state index contributed by atoms with van der Waals surface area (Å²) >= 11 is 0. The second kappa shape index (κ2) is 7.74. The Bertz CT molecular complexity index is 464. The zero-order valence-corrected chi connectivity index (χ0v) is 14.2. The minimum atomic E-state index is -3.97. The molecule has 0 aliphatic rings. The van der Waals surface area contributed by atoms with Gasteiger partial charge in [-0.3, -0.25) is 9.59 Å². The lowest BCUT2D eigenvalue weighted by Gasteiger charge is -2.26. The lowest BCUT2D eigenvalue weighted by atomic mass is 10.1. The fraction of sp³-hybridized carbons (Fsp3) is 0.846. The number of hydrogen-bond donors (Lipinski definition) is 1. The Kier molecular flexibility index (Phi) is 7.32. The van der Waals surface area contributed by atoms with Crippen molar-refractivity contribution in [1.82, 2.24) is 4.72 Å².